The number of hydrogen-bond donors (Lipinski definition) is 1. The fourth-order valence-electron chi connectivity index (χ4n) is 3.04. The van der Waals surface area contributed by atoms with Crippen molar-refractivity contribution in [2.75, 3.05) is 6.54 Å². The normalized spacial score (nSPS) is 20.7. The summed E-state index contributed by atoms with van der Waals surface area (Å²) in [4.78, 5) is 18.4. The third-order valence-electron chi connectivity index (χ3n) is 4.15. The van der Waals surface area contributed by atoms with Gasteiger partial charge in [-0.1, -0.05) is 18.2 Å². The topological polar surface area (TPSA) is 53.4 Å². The maximum atomic E-state index is 13.4. The quantitative estimate of drug-likeness (QED) is 0.943. The van der Waals surface area contributed by atoms with E-state index in [0.717, 1.165) is 11.3 Å². The van der Waals surface area contributed by atoms with E-state index >= 15 is 0 Å². The molecule has 0 saturated carbocycles. The van der Waals surface area contributed by atoms with Gasteiger partial charge in [-0.2, -0.15) is 0 Å². The number of rotatable bonds is 4. The minimum atomic E-state index is -0.568. The van der Waals surface area contributed by atoms with Gasteiger partial charge >= 0.3 is 0 Å². The Morgan fingerprint density at radius 3 is 2.91 bits per heavy atom. The maximum absolute atomic E-state index is 13.4. The summed E-state index contributed by atoms with van der Waals surface area (Å²) in [5.41, 5.74) is 1.59. The Labute approximate surface area is 134 Å². The first-order valence-corrected chi connectivity index (χ1v) is 7.76. The minimum absolute atomic E-state index is 0.0403. The molecule has 1 N–H and O–H groups in total. The molecule has 4 nitrogen and oxygen atoms in total. The number of nitrogens with zero attached hydrogens (tertiary/aromatic N) is 2. The van der Waals surface area contributed by atoms with Crippen molar-refractivity contribution < 1.29 is 14.3 Å². The number of hydrogen-bond acceptors (Lipinski definition) is 3. The standard InChI is InChI=1S/C18H19FN2O2/c19-14-5-3-4-13(10-14)17-11-16(22)12-21(17)18(23)8-7-15-6-1-2-9-20-15/h1-6,9-10,16-17,22H,7-8,11-12H2/t16-,17+/m0/s1. The molecule has 0 radical (unpaired) electrons. The average molecular weight is 314 g/mol. The lowest BCUT2D eigenvalue weighted by Gasteiger charge is -2.25. The second-order valence-electron chi connectivity index (χ2n) is 5.83. The number of aliphatic hydroxyl groups excluding tert-OH is 1. The third kappa shape index (κ3) is 3.74. The molecular formula is C18H19FN2O2. The Bertz CT molecular complexity index is 678. The van der Waals surface area contributed by atoms with Crippen LogP contribution in [0.25, 0.3) is 0 Å². The molecule has 1 aromatic heterocycles. The molecule has 0 aliphatic carbocycles. The Kier molecular flexibility index (Phi) is 4.67. The maximum Gasteiger partial charge on any atom is 0.223 e. The van der Waals surface area contributed by atoms with E-state index in [9.17, 15) is 14.3 Å². The summed E-state index contributed by atoms with van der Waals surface area (Å²) >= 11 is 0. The molecule has 0 bridgehead atoms. The molecule has 2 atom stereocenters. The van der Waals surface area contributed by atoms with Crippen molar-refractivity contribution in [3.05, 3.63) is 65.7 Å². The van der Waals surface area contributed by atoms with Crippen LogP contribution in [-0.2, 0) is 11.2 Å². The number of amides is 1. The predicted molar refractivity (Wildman–Crippen MR) is 84.0 cm³/mol. The molecule has 120 valence electrons. The van der Waals surface area contributed by atoms with Gasteiger partial charge in [-0.15, -0.1) is 0 Å². The lowest BCUT2D eigenvalue weighted by Crippen LogP contribution is -2.32. The molecule has 3 rings (SSSR count). The van der Waals surface area contributed by atoms with Crippen molar-refractivity contribution in [3.63, 3.8) is 0 Å². The van der Waals surface area contributed by atoms with Crippen molar-refractivity contribution in [2.45, 2.75) is 31.4 Å². The van der Waals surface area contributed by atoms with Gasteiger partial charge in [0.2, 0.25) is 5.91 Å². The molecule has 1 aliphatic rings. The molecule has 1 aromatic carbocycles. The minimum Gasteiger partial charge on any atom is -0.391 e. The molecule has 1 amide bonds. The summed E-state index contributed by atoms with van der Waals surface area (Å²) in [5.74, 6) is -0.369. The first-order chi connectivity index (χ1) is 11.1. The number of aryl methyl sites for hydroxylation is 1. The zero-order valence-corrected chi connectivity index (χ0v) is 12.7. The highest BCUT2D eigenvalue weighted by Crippen LogP contribution is 2.33. The molecule has 1 saturated heterocycles. The Morgan fingerprint density at radius 2 is 2.17 bits per heavy atom. The summed E-state index contributed by atoms with van der Waals surface area (Å²) in [6, 6.07) is 11.6. The van der Waals surface area contributed by atoms with E-state index in [1.807, 2.05) is 18.2 Å². The van der Waals surface area contributed by atoms with E-state index in [2.05, 4.69) is 4.98 Å². The molecule has 23 heavy (non-hydrogen) atoms. The first-order valence-electron chi connectivity index (χ1n) is 7.76. The number of β-amino-alcohol motifs (C(OH)–C–C–N with tert-alkyl or cyclic N) is 1. The van der Waals surface area contributed by atoms with Gasteiger partial charge in [-0.3, -0.25) is 9.78 Å². The Hall–Kier alpha value is -2.27. The average Bonchev–Trinajstić information content (AvgIpc) is 2.96. The molecule has 1 fully saturated rings. The van der Waals surface area contributed by atoms with Crippen molar-refractivity contribution in [1.29, 1.82) is 0 Å². The third-order valence-corrected chi connectivity index (χ3v) is 4.15. The van der Waals surface area contributed by atoms with E-state index in [1.54, 1.807) is 23.2 Å². The highest BCUT2D eigenvalue weighted by atomic mass is 19.1. The van der Waals surface area contributed by atoms with Crippen LogP contribution in [-0.4, -0.2) is 33.5 Å². The van der Waals surface area contributed by atoms with Crippen LogP contribution in [0, 0.1) is 5.82 Å². The number of aliphatic hydroxyl groups is 1. The van der Waals surface area contributed by atoms with E-state index in [1.165, 1.54) is 12.1 Å². The van der Waals surface area contributed by atoms with Crippen LogP contribution in [0.1, 0.15) is 30.1 Å². The summed E-state index contributed by atoms with van der Waals surface area (Å²) in [7, 11) is 0. The van der Waals surface area contributed by atoms with E-state index in [4.69, 9.17) is 0 Å². The van der Waals surface area contributed by atoms with Crippen molar-refractivity contribution >= 4 is 5.91 Å². The van der Waals surface area contributed by atoms with E-state index in [0.29, 0.717) is 25.8 Å². The summed E-state index contributed by atoms with van der Waals surface area (Å²) < 4.78 is 13.4. The Morgan fingerprint density at radius 1 is 1.30 bits per heavy atom. The van der Waals surface area contributed by atoms with Gasteiger partial charge in [0.1, 0.15) is 5.82 Å². The summed E-state index contributed by atoms with van der Waals surface area (Å²) in [6.07, 6.45) is 2.47. The van der Waals surface area contributed by atoms with Crippen molar-refractivity contribution in [3.8, 4) is 0 Å². The zero-order chi connectivity index (χ0) is 16.2. The Balaban J connectivity index is 1.70. The molecule has 2 heterocycles. The van der Waals surface area contributed by atoms with Crippen LogP contribution in [0.4, 0.5) is 4.39 Å². The van der Waals surface area contributed by atoms with Gasteiger partial charge in [-0.25, -0.2) is 4.39 Å². The number of likely N-dealkylation sites (tertiary alicyclic amines) is 1. The number of benzene rings is 1. The lowest BCUT2D eigenvalue weighted by molar-refractivity contribution is -0.132. The van der Waals surface area contributed by atoms with Crippen molar-refractivity contribution in [2.24, 2.45) is 0 Å². The molecular weight excluding hydrogens is 295 g/mol. The largest absolute Gasteiger partial charge is 0.391 e. The second kappa shape index (κ2) is 6.87. The SMILES string of the molecule is O=C(CCc1ccccn1)N1C[C@@H](O)C[C@@H]1c1cccc(F)c1. The van der Waals surface area contributed by atoms with Crippen LogP contribution in [0.15, 0.2) is 48.7 Å². The van der Waals surface area contributed by atoms with E-state index in [-0.39, 0.29) is 17.8 Å². The van der Waals surface area contributed by atoms with Crippen LogP contribution >= 0.6 is 0 Å². The monoisotopic (exact) mass is 314 g/mol. The highest BCUT2D eigenvalue weighted by Gasteiger charge is 2.35. The molecule has 0 spiro atoms. The number of carbonyl (C=O) groups is 1. The van der Waals surface area contributed by atoms with Gasteiger partial charge < -0.3 is 10.0 Å². The number of halogens is 1. The highest BCUT2D eigenvalue weighted by molar-refractivity contribution is 5.77. The van der Waals surface area contributed by atoms with Crippen LogP contribution in [0.5, 0.6) is 0 Å². The molecule has 0 unspecified atom stereocenters. The molecule has 5 heteroatoms. The van der Waals surface area contributed by atoms with Gasteiger partial charge in [0.15, 0.2) is 0 Å². The van der Waals surface area contributed by atoms with Crippen LogP contribution < -0.4 is 0 Å². The van der Waals surface area contributed by atoms with Gasteiger partial charge in [0.05, 0.1) is 12.1 Å². The zero-order valence-electron chi connectivity index (χ0n) is 12.7. The summed E-state index contributed by atoms with van der Waals surface area (Å²) in [5, 5.41) is 9.93. The smallest absolute Gasteiger partial charge is 0.223 e. The number of aromatic nitrogens is 1. The lowest BCUT2D eigenvalue weighted by atomic mass is 10.0. The van der Waals surface area contributed by atoms with Crippen LogP contribution in [0.2, 0.25) is 0 Å². The number of carbonyl (C=O) groups excluding carboxylic acids is 1. The van der Waals surface area contributed by atoms with Gasteiger partial charge in [0.25, 0.3) is 0 Å². The number of pyridine rings is 1. The fourth-order valence-corrected chi connectivity index (χ4v) is 3.04. The van der Waals surface area contributed by atoms with E-state index < -0.39 is 6.10 Å². The summed E-state index contributed by atoms with van der Waals surface area (Å²) in [6.45, 7) is 0.294. The van der Waals surface area contributed by atoms with Gasteiger partial charge in [0, 0.05) is 24.9 Å². The second-order valence-corrected chi connectivity index (χ2v) is 5.83. The van der Waals surface area contributed by atoms with Gasteiger partial charge in [-0.05, 0) is 42.7 Å². The molecule has 1 aliphatic heterocycles. The first kappa shape index (κ1) is 15.6. The van der Waals surface area contributed by atoms with Crippen molar-refractivity contribution in [1.82, 2.24) is 9.88 Å². The van der Waals surface area contributed by atoms with Crippen LogP contribution in [0.3, 0.4) is 0 Å². The fraction of sp³-hybridized carbons (Fsp3) is 0.333. The molecule has 2 aromatic rings. The predicted octanol–water partition coefficient (Wildman–Crippen LogP) is 2.49.